The molecule has 0 saturated heterocycles. The lowest BCUT2D eigenvalue weighted by Gasteiger charge is -2.07. The molecule has 0 aliphatic carbocycles. The van der Waals surface area contributed by atoms with Crippen molar-refractivity contribution in [1.29, 1.82) is 0 Å². The highest BCUT2D eigenvalue weighted by atomic mass is 35.5. The van der Waals surface area contributed by atoms with Gasteiger partial charge in [-0.25, -0.2) is 4.98 Å². The third kappa shape index (κ3) is 3.52. The van der Waals surface area contributed by atoms with Gasteiger partial charge in [-0.2, -0.15) is 0 Å². The van der Waals surface area contributed by atoms with Gasteiger partial charge in [-0.05, 0) is 38.1 Å². The lowest BCUT2D eigenvalue weighted by molar-refractivity contribution is 0.0940. The minimum Gasteiger partial charge on any atom is -0.348 e. The zero-order valence-corrected chi connectivity index (χ0v) is 15.6. The first kappa shape index (κ1) is 18.2. The maximum atomic E-state index is 12.7. The molecule has 0 fully saturated rings. The number of halogens is 2. The van der Waals surface area contributed by atoms with Crippen LogP contribution in [0.4, 0.5) is 5.69 Å². The molecule has 0 aliphatic rings. The third-order valence-electron chi connectivity index (χ3n) is 3.59. The van der Waals surface area contributed by atoms with Crippen molar-refractivity contribution in [1.82, 2.24) is 14.7 Å². The number of nitrogens with zero attached hydrogens (tertiary/aromatic N) is 2. The van der Waals surface area contributed by atoms with E-state index in [2.05, 4.69) is 15.6 Å². The van der Waals surface area contributed by atoms with E-state index in [9.17, 15) is 9.59 Å². The van der Waals surface area contributed by atoms with Crippen LogP contribution in [0, 0.1) is 0 Å². The van der Waals surface area contributed by atoms with Crippen LogP contribution in [0.25, 0.3) is 5.52 Å². The Morgan fingerprint density at radius 1 is 1.08 bits per heavy atom. The van der Waals surface area contributed by atoms with E-state index < -0.39 is 5.91 Å². The molecule has 2 heterocycles. The van der Waals surface area contributed by atoms with Crippen LogP contribution in [0.5, 0.6) is 0 Å². The van der Waals surface area contributed by atoms with Crippen molar-refractivity contribution in [3.8, 4) is 0 Å². The minimum absolute atomic E-state index is 0.0505. The summed E-state index contributed by atoms with van der Waals surface area (Å²) in [5.41, 5.74) is 1.08. The van der Waals surface area contributed by atoms with Gasteiger partial charge >= 0.3 is 0 Å². The van der Waals surface area contributed by atoms with Crippen LogP contribution >= 0.6 is 23.2 Å². The number of hydrogen-bond acceptors (Lipinski definition) is 3. The fourth-order valence-corrected chi connectivity index (χ4v) is 2.82. The van der Waals surface area contributed by atoms with Crippen LogP contribution in [0.2, 0.25) is 10.0 Å². The molecule has 2 aromatic heterocycles. The van der Waals surface area contributed by atoms with Crippen LogP contribution in [0.3, 0.4) is 0 Å². The van der Waals surface area contributed by atoms with Gasteiger partial charge in [0.25, 0.3) is 11.8 Å². The zero-order valence-electron chi connectivity index (χ0n) is 14.1. The molecule has 2 amide bonds. The first-order valence-electron chi connectivity index (χ1n) is 7.91. The Hall–Kier alpha value is -2.57. The molecule has 8 heteroatoms. The number of aromatic nitrogens is 2. The number of benzene rings is 1. The predicted octanol–water partition coefficient (Wildman–Crippen LogP) is 4.03. The predicted molar refractivity (Wildman–Crippen MR) is 102 cm³/mol. The SMILES string of the molecule is CC(C)NC(=O)c1nc(C(=O)Nc2cccc(Cl)c2Cl)n2ccccc12. The van der Waals surface area contributed by atoms with Crippen molar-refractivity contribution in [2.24, 2.45) is 0 Å². The summed E-state index contributed by atoms with van der Waals surface area (Å²) in [5.74, 6) is -0.770. The Bertz CT molecular complexity index is 998. The van der Waals surface area contributed by atoms with Crippen molar-refractivity contribution in [2.45, 2.75) is 19.9 Å². The van der Waals surface area contributed by atoms with Gasteiger partial charge in [0.05, 0.1) is 21.2 Å². The molecule has 0 bridgehead atoms. The summed E-state index contributed by atoms with van der Waals surface area (Å²) in [5, 5.41) is 6.03. The molecule has 2 N–H and O–H groups in total. The van der Waals surface area contributed by atoms with Gasteiger partial charge in [0, 0.05) is 12.2 Å². The molecule has 0 radical (unpaired) electrons. The molecule has 0 aliphatic heterocycles. The molecule has 1 aromatic carbocycles. The Kier molecular flexibility index (Phi) is 5.15. The maximum Gasteiger partial charge on any atom is 0.292 e. The van der Waals surface area contributed by atoms with Gasteiger partial charge in [-0.3, -0.25) is 14.0 Å². The number of carbonyl (C=O) groups excluding carboxylic acids is 2. The van der Waals surface area contributed by atoms with Gasteiger partial charge in [0.15, 0.2) is 5.69 Å². The summed E-state index contributed by atoms with van der Waals surface area (Å²) in [4.78, 5) is 29.4. The first-order chi connectivity index (χ1) is 12.4. The number of anilines is 1. The number of hydrogen-bond donors (Lipinski definition) is 2. The van der Waals surface area contributed by atoms with Gasteiger partial charge in [-0.15, -0.1) is 0 Å². The summed E-state index contributed by atoms with van der Waals surface area (Å²) in [6.45, 7) is 3.70. The fraction of sp³-hybridized carbons (Fsp3) is 0.167. The van der Waals surface area contributed by atoms with E-state index >= 15 is 0 Å². The monoisotopic (exact) mass is 390 g/mol. The molecular weight excluding hydrogens is 375 g/mol. The molecule has 0 unspecified atom stereocenters. The van der Waals surface area contributed by atoms with Crippen LogP contribution in [-0.2, 0) is 0 Å². The van der Waals surface area contributed by atoms with Crippen LogP contribution < -0.4 is 10.6 Å². The number of carbonyl (C=O) groups is 2. The van der Waals surface area contributed by atoms with E-state index in [4.69, 9.17) is 23.2 Å². The summed E-state index contributed by atoms with van der Waals surface area (Å²) in [6, 6.07) is 10.1. The average molecular weight is 391 g/mol. The highest BCUT2D eigenvalue weighted by molar-refractivity contribution is 6.44. The summed E-state index contributed by atoms with van der Waals surface area (Å²) < 4.78 is 1.56. The van der Waals surface area contributed by atoms with Crippen molar-refractivity contribution >= 4 is 46.2 Å². The molecule has 0 saturated carbocycles. The number of amides is 2. The Morgan fingerprint density at radius 2 is 1.85 bits per heavy atom. The number of imidazole rings is 1. The standard InChI is InChI=1S/C18H16Cl2N4O2/c1-10(2)21-17(25)15-13-8-3-4-9-24(13)16(23-15)18(26)22-12-7-5-6-11(19)14(12)20/h3-10H,1-2H3,(H,21,25)(H,22,26). The van der Waals surface area contributed by atoms with Crippen LogP contribution in [0.1, 0.15) is 35.0 Å². The number of pyridine rings is 1. The molecule has 0 spiro atoms. The molecule has 3 aromatic rings. The second-order valence-electron chi connectivity index (χ2n) is 5.92. The molecule has 0 atom stereocenters. The maximum absolute atomic E-state index is 12.7. The van der Waals surface area contributed by atoms with E-state index in [0.29, 0.717) is 16.2 Å². The van der Waals surface area contributed by atoms with Gasteiger partial charge in [0.1, 0.15) is 0 Å². The average Bonchev–Trinajstić information content (AvgIpc) is 2.98. The summed E-state index contributed by atoms with van der Waals surface area (Å²) >= 11 is 12.1. The largest absolute Gasteiger partial charge is 0.348 e. The van der Waals surface area contributed by atoms with Crippen molar-refractivity contribution in [3.63, 3.8) is 0 Å². The topological polar surface area (TPSA) is 75.5 Å². The third-order valence-corrected chi connectivity index (χ3v) is 4.41. The molecular formula is C18H16Cl2N4O2. The van der Waals surface area contributed by atoms with Crippen LogP contribution in [-0.4, -0.2) is 27.2 Å². The smallest absolute Gasteiger partial charge is 0.292 e. The first-order valence-corrected chi connectivity index (χ1v) is 8.67. The Labute approximate surface area is 160 Å². The quantitative estimate of drug-likeness (QED) is 0.705. The van der Waals surface area contributed by atoms with Gasteiger partial charge in [0.2, 0.25) is 5.82 Å². The van der Waals surface area contributed by atoms with E-state index in [1.165, 1.54) is 0 Å². The second kappa shape index (κ2) is 7.35. The van der Waals surface area contributed by atoms with Gasteiger partial charge < -0.3 is 10.6 Å². The molecule has 26 heavy (non-hydrogen) atoms. The highest BCUT2D eigenvalue weighted by Gasteiger charge is 2.22. The normalized spacial score (nSPS) is 11.0. The summed E-state index contributed by atoms with van der Waals surface area (Å²) in [7, 11) is 0. The lowest BCUT2D eigenvalue weighted by Crippen LogP contribution is -2.30. The molecule has 6 nitrogen and oxygen atoms in total. The Balaban J connectivity index is 2.01. The van der Waals surface area contributed by atoms with E-state index in [1.54, 1.807) is 47.0 Å². The van der Waals surface area contributed by atoms with E-state index in [1.807, 2.05) is 13.8 Å². The fourth-order valence-electron chi connectivity index (χ4n) is 2.47. The summed E-state index contributed by atoms with van der Waals surface area (Å²) in [6.07, 6.45) is 1.67. The second-order valence-corrected chi connectivity index (χ2v) is 6.71. The minimum atomic E-state index is -0.501. The van der Waals surface area contributed by atoms with Crippen LogP contribution in [0.15, 0.2) is 42.6 Å². The van der Waals surface area contributed by atoms with E-state index in [0.717, 1.165) is 0 Å². The van der Waals surface area contributed by atoms with Crippen molar-refractivity contribution in [2.75, 3.05) is 5.32 Å². The highest BCUT2D eigenvalue weighted by Crippen LogP contribution is 2.29. The van der Waals surface area contributed by atoms with E-state index in [-0.39, 0.29) is 28.5 Å². The molecule has 134 valence electrons. The van der Waals surface area contributed by atoms with Crippen molar-refractivity contribution < 1.29 is 9.59 Å². The zero-order chi connectivity index (χ0) is 18.8. The van der Waals surface area contributed by atoms with Gasteiger partial charge in [-0.1, -0.05) is 35.3 Å². The molecule has 3 rings (SSSR count). The number of fused-ring (bicyclic) bond motifs is 1. The number of rotatable bonds is 4. The Morgan fingerprint density at radius 3 is 2.58 bits per heavy atom. The van der Waals surface area contributed by atoms with Crippen molar-refractivity contribution in [3.05, 3.63) is 64.2 Å². The number of nitrogens with one attached hydrogen (secondary N) is 2. The lowest BCUT2D eigenvalue weighted by atomic mass is 10.3.